The first kappa shape index (κ1) is 14.7. The maximum Gasteiger partial charge on any atom is 0.335 e. The number of benzene rings is 1. The standard InChI is InChI=1S/C12H17NO4S/c1-9(2)7-8-13-18(16,17)11-5-3-10(4-6-11)12(14)15/h3-6,9,13H,7-8H2,1-2H3,(H,14,15). The molecule has 0 atom stereocenters. The topological polar surface area (TPSA) is 83.5 Å². The first-order valence-electron chi connectivity index (χ1n) is 5.66. The average molecular weight is 271 g/mol. The van der Waals surface area contributed by atoms with Crippen molar-refractivity contribution in [3.63, 3.8) is 0 Å². The van der Waals surface area contributed by atoms with E-state index in [-0.39, 0.29) is 10.5 Å². The number of aromatic carboxylic acids is 1. The maximum atomic E-state index is 11.8. The molecule has 0 unspecified atom stereocenters. The lowest BCUT2D eigenvalue weighted by Crippen LogP contribution is -2.25. The summed E-state index contributed by atoms with van der Waals surface area (Å²) in [7, 11) is -3.54. The molecule has 0 fully saturated rings. The van der Waals surface area contributed by atoms with Crippen molar-refractivity contribution in [2.45, 2.75) is 25.2 Å². The predicted molar refractivity (Wildman–Crippen MR) is 68.0 cm³/mol. The van der Waals surface area contributed by atoms with E-state index in [1.165, 1.54) is 24.3 Å². The lowest BCUT2D eigenvalue weighted by atomic mass is 10.1. The summed E-state index contributed by atoms with van der Waals surface area (Å²) >= 11 is 0. The van der Waals surface area contributed by atoms with E-state index in [0.29, 0.717) is 12.5 Å². The van der Waals surface area contributed by atoms with Gasteiger partial charge in [0.1, 0.15) is 0 Å². The molecule has 18 heavy (non-hydrogen) atoms. The highest BCUT2D eigenvalue weighted by atomic mass is 32.2. The van der Waals surface area contributed by atoms with Gasteiger partial charge in [0.05, 0.1) is 10.5 Å². The van der Waals surface area contributed by atoms with Crippen molar-refractivity contribution in [2.75, 3.05) is 6.54 Å². The SMILES string of the molecule is CC(C)CCNS(=O)(=O)c1ccc(C(=O)O)cc1. The van der Waals surface area contributed by atoms with Crippen LogP contribution in [0.15, 0.2) is 29.2 Å². The molecule has 0 aliphatic heterocycles. The molecule has 0 radical (unpaired) electrons. The number of carbonyl (C=O) groups is 1. The van der Waals surface area contributed by atoms with Gasteiger partial charge in [-0.2, -0.15) is 0 Å². The largest absolute Gasteiger partial charge is 0.478 e. The highest BCUT2D eigenvalue weighted by molar-refractivity contribution is 7.89. The van der Waals surface area contributed by atoms with Crippen LogP contribution in [0.3, 0.4) is 0 Å². The van der Waals surface area contributed by atoms with Crippen LogP contribution in [-0.2, 0) is 10.0 Å². The second-order valence-corrected chi connectivity index (χ2v) is 6.18. The summed E-state index contributed by atoms with van der Waals surface area (Å²) in [6.45, 7) is 4.40. The van der Waals surface area contributed by atoms with Crippen molar-refractivity contribution < 1.29 is 18.3 Å². The third-order valence-electron chi connectivity index (χ3n) is 2.43. The number of nitrogens with one attached hydrogen (secondary N) is 1. The molecule has 0 aliphatic carbocycles. The van der Waals surface area contributed by atoms with Crippen molar-refractivity contribution in [1.29, 1.82) is 0 Å². The summed E-state index contributed by atoms with van der Waals surface area (Å²) in [6.07, 6.45) is 0.756. The fourth-order valence-corrected chi connectivity index (χ4v) is 2.39. The number of hydrogen-bond acceptors (Lipinski definition) is 3. The Labute approximate surface area is 107 Å². The van der Waals surface area contributed by atoms with Crippen LogP contribution in [0, 0.1) is 5.92 Å². The minimum atomic E-state index is -3.54. The van der Waals surface area contributed by atoms with Crippen molar-refractivity contribution in [3.05, 3.63) is 29.8 Å². The van der Waals surface area contributed by atoms with E-state index in [1.807, 2.05) is 13.8 Å². The second kappa shape index (κ2) is 5.97. The minimum absolute atomic E-state index is 0.0659. The molecule has 0 spiro atoms. The Morgan fingerprint density at radius 3 is 2.28 bits per heavy atom. The molecule has 1 aromatic carbocycles. The second-order valence-electron chi connectivity index (χ2n) is 4.41. The average Bonchev–Trinajstić information content (AvgIpc) is 2.28. The lowest BCUT2D eigenvalue weighted by molar-refractivity contribution is 0.0696. The Bertz CT molecular complexity index is 505. The molecule has 2 N–H and O–H groups in total. The van der Waals surface area contributed by atoms with E-state index in [2.05, 4.69) is 4.72 Å². The van der Waals surface area contributed by atoms with E-state index < -0.39 is 16.0 Å². The van der Waals surface area contributed by atoms with Crippen LogP contribution >= 0.6 is 0 Å². The minimum Gasteiger partial charge on any atom is -0.478 e. The van der Waals surface area contributed by atoms with Gasteiger partial charge in [0.25, 0.3) is 0 Å². The van der Waals surface area contributed by atoms with E-state index in [1.54, 1.807) is 0 Å². The Morgan fingerprint density at radius 1 is 1.28 bits per heavy atom. The van der Waals surface area contributed by atoms with Crippen LogP contribution in [0.2, 0.25) is 0 Å². The highest BCUT2D eigenvalue weighted by Crippen LogP contribution is 2.11. The zero-order valence-electron chi connectivity index (χ0n) is 10.4. The monoisotopic (exact) mass is 271 g/mol. The molecular weight excluding hydrogens is 254 g/mol. The van der Waals surface area contributed by atoms with Crippen LogP contribution < -0.4 is 4.72 Å². The van der Waals surface area contributed by atoms with Gasteiger partial charge in [-0.05, 0) is 36.6 Å². The van der Waals surface area contributed by atoms with Crippen LogP contribution in [0.5, 0.6) is 0 Å². The first-order chi connectivity index (χ1) is 8.33. The van der Waals surface area contributed by atoms with Gasteiger partial charge in [-0.15, -0.1) is 0 Å². The van der Waals surface area contributed by atoms with Crippen LogP contribution in [0.1, 0.15) is 30.6 Å². The van der Waals surface area contributed by atoms with E-state index in [0.717, 1.165) is 6.42 Å². The van der Waals surface area contributed by atoms with Crippen molar-refractivity contribution in [1.82, 2.24) is 4.72 Å². The van der Waals surface area contributed by atoms with Crippen molar-refractivity contribution in [2.24, 2.45) is 5.92 Å². The number of sulfonamides is 1. The predicted octanol–water partition coefficient (Wildman–Crippen LogP) is 1.71. The Balaban J connectivity index is 2.76. The van der Waals surface area contributed by atoms with Crippen LogP contribution in [0.25, 0.3) is 0 Å². The third kappa shape index (κ3) is 4.12. The van der Waals surface area contributed by atoms with Crippen molar-refractivity contribution >= 4 is 16.0 Å². The molecular formula is C12H17NO4S. The quantitative estimate of drug-likeness (QED) is 0.825. The Hall–Kier alpha value is -1.40. The highest BCUT2D eigenvalue weighted by Gasteiger charge is 2.14. The van der Waals surface area contributed by atoms with E-state index >= 15 is 0 Å². The smallest absolute Gasteiger partial charge is 0.335 e. The molecule has 1 aromatic rings. The van der Waals surface area contributed by atoms with Gasteiger partial charge in [-0.3, -0.25) is 0 Å². The molecule has 0 bridgehead atoms. The molecule has 0 aromatic heterocycles. The summed E-state index contributed by atoms with van der Waals surface area (Å²) in [5.74, 6) is -0.659. The number of hydrogen-bond donors (Lipinski definition) is 2. The molecule has 100 valence electrons. The molecule has 0 heterocycles. The van der Waals surface area contributed by atoms with Gasteiger partial charge in [-0.25, -0.2) is 17.9 Å². The molecule has 0 saturated heterocycles. The van der Waals surface area contributed by atoms with Gasteiger partial charge >= 0.3 is 5.97 Å². The fourth-order valence-electron chi connectivity index (χ4n) is 1.34. The van der Waals surface area contributed by atoms with Gasteiger partial charge in [-0.1, -0.05) is 13.8 Å². The number of carboxylic acids is 1. The summed E-state index contributed by atoms with van der Waals surface area (Å²) in [5, 5.41) is 8.72. The zero-order valence-corrected chi connectivity index (χ0v) is 11.2. The fraction of sp³-hybridized carbons (Fsp3) is 0.417. The van der Waals surface area contributed by atoms with Gasteiger partial charge in [0.15, 0.2) is 0 Å². The normalized spacial score (nSPS) is 11.7. The van der Waals surface area contributed by atoms with Crippen molar-refractivity contribution in [3.8, 4) is 0 Å². The van der Waals surface area contributed by atoms with E-state index in [4.69, 9.17) is 5.11 Å². The first-order valence-corrected chi connectivity index (χ1v) is 7.14. The summed E-state index contributed by atoms with van der Waals surface area (Å²) in [4.78, 5) is 10.7. The molecule has 1 rings (SSSR count). The maximum absolute atomic E-state index is 11.8. The molecule has 5 nitrogen and oxygen atoms in total. The third-order valence-corrected chi connectivity index (χ3v) is 3.90. The molecule has 0 aliphatic rings. The van der Waals surface area contributed by atoms with Crippen LogP contribution in [-0.4, -0.2) is 26.0 Å². The van der Waals surface area contributed by atoms with Gasteiger partial charge in [0, 0.05) is 6.54 Å². The van der Waals surface area contributed by atoms with Gasteiger partial charge in [0.2, 0.25) is 10.0 Å². The molecule has 0 amide bonds. The van der Waals surface area contributed by atoms with E-state index in [9.17, 15) is 13.2 Å². The number of carboxylic acid groups (broad SMARTS) is 1. The summed E-state index contributed by atoms with van der Waals surface area (Å²) in [6, 6.07) is 5.14. The van der Waals surface area contributed by atoms with Gasteiger partial charge < -0.3 is 5.11 Å². The zero-order chi connectivity index (χ0) is 13.8. The molecule has 6 heteroatoms. The summed E-state index contributed by atoms with van der Waals surface area (Å²) < 4.78 is 26.2. The summed E-state index contributed by atoms with van der Waals surface area (Å²) in [5.41, 5.74) is 0.0659. The number of rotatable bonds is 6. The molecule has 0 saturated carbocycles. The van der Waals surface area contributed by atoms with Crippen LogP contribution in [0.4, 0.5) is 0 Å². The Kier molecular flexibility index (Phi) is 4.86. The Morgan fingerprint density at radius 2 is 1.83 bits per heavy atom. The lowest BCUT2D eigenvalue weighted by Gasteiger charge is -2.08.